The van der Waals surface area contributed by atoms with Crippen LogP contribution in [0.5, 0.6) is 0 Å². The topological polar surface area (TPSA) is 0 Å². The second-order valence-electron chi connectivity index (χ2n) is 4.56. The zero-order valence-electron chi connectivity index (χ0n) is 10.7. The van der Waals surface area contributed by atoms with Crippen molar-refractivity contribution in [3.05, 3.63) is 59.3 Å². The van der Waals surface area contributed by atoms with Gasteiger partial charge in [-0.25, -0.2) is 0 Å². The zero-order valence-corrected chi connectivity index (χ0v) is 10.7. The Morgan fingerprint density at radius 3 is 2.81 bits per heavy atom. The third-order valence-electron chi connectivity index (χ3n) is 2.88. The lowest BCUT2D eigenvalue weighted by Crippen LogP contribution is -1.93. The highest BCUT2D eigenvalue weighted by atomic mass is 14.1. The Morgan fingerprint density at radius 1 is 1.44 bits per heavy atom. The van der Waals surface area contributed by atoms with Gasteiger partial charge in [0.05, 0.1) is 0 Å². The summed E-state index contributed by atoms with van der Waals surface area (Å²) in [6.07, 6.45) is 14.2. The van der Waals surface area contributed by atoms with Crippen molar-refractivity contribution < 1.29 is 0 Å². The van der Waals surface area contributed by atoms with Gasteiger partial charge in [0.25, 0.3) is 0 Å². The average Bonchev–Trinajstić information content (AvgIpc) is 2.21. The van der Waals surface area contributed by atoms with Gasteiger partial charge in [-0.1, -0.05) is 53.7 Å². The standard InChI is InChI=1S/C16H22/c1-5-8-13(2)11-14(3)12-16-10-7-6-9-15(16)4/h5,7-8,10-11H,1,6,9,12H2,2-4H3/b13-8-,14-11-. The van der Waals surface area contributed by atoms with Crippen LogP contribution in [0.2, 0.25) is 0 Å². The Morgan fingerprint density at radius 2 is 2.19 bits per heavy atom. The monoisotopic (exact) mass is 214 g/mol. The molecular formula is C16H22. The van der Waals surface area contributed by atoms with Crippen molar-refractivity contribution in [2.75, 3.05) is 0 Å². The van der Waals surface area contributed by atoms with Crippen LogP contribution in [0.25, 0.3) is 0 Å². The molecule has 16 heavy (non-hydrogen) atoms. The Labute approximate surface area is 99.8 Å². The number of hydrogen-bond acceptors (Lipinski definition) is 0. The van der Waals surface area contributed by atoms with Crippen LogP contribution in [0, 0.1) is 0 Å². The summed E-state index contributed by atoms with van der Waals surface area (Å²) in [5.74, 6) is 0. The van der Waals surface area contributed by atoms with Gasteiger partial charge in [-0.05, 0) is 45.6 Å². The summed E-state index contributed by atoms with van der Waals surface area (Å²) in [6, 6.07) is 0. The number of rotatable bonds is 4. The van der Waals surface area contributed by atoms with Gasteiger partial charge in [0.2, 0.25) is 0 Å². The van der Waals surface area contributed by atoms with Crippen LogP contribution in [0.3, 0.4) is 0 Å². The first-order valence-electron chi connectivity index (χ1n) is 5.95. The van der Waals surface area contributed by atoms with E-state index in [4.69, 9.17) is 0 Å². The predicted molar refractivity (Wildman–Crippen MR) is 73.4 cm³/mol. The lowest BCUT2D eigenvalue weighted by molar-refractivity contribution is 0.917. The second kappa shape index (κ2) is 6.32. The number of allylic oxidation sites excluding steroid dienone is 9. The predicted octanol–water partition coefficient (Wildman–Crippen LogP) is 5.12. The molecule has 86 valence electrons. The minimum atomic E-state index is 1.07. The molecule has 0 fully saturated rings. The molecule has 1 rings (SSSR count). The van der Waals surface area contributed by atoms with Crippen molar-refractivity contribution in [1.82, 2.24) is 0 Å². The fourth-order valence-electron chi connectivity index (χ4n) is 2.01. The van der Waals surface area contributed by atoms with Gasteiger partial charge >= 0.3 is 0 Å². The number of hydrogen-bond donors (Lipinski definition) is 0. The van der Waals surface area contributed by atoms with Crippen LogP contribution in [0.1, 0.15) is 40.0 Å². The molecule has 0 saturated heterocycles. The van der Waals surface area contributed by atoms with E-state index in [2.05, 4.69) is 45.6 Å². The van der Waals surface area contributed by atoms with Gasteiger partial charge in [0, 0.05) is 0 Å². The molecule has 0 N–H and O–H groups in total. The largest absolute Gasteiger partial charge is 0.0991 e. The van der Waals surface area contributed by atoms with Crippen molar-refractivity contribution in [2.24, 2.45) is 0 Å². The van der Waals surface area contributed by atoms with Gasteiger partial charge < -0.3 is 0 Å². The van der Waals surface area contributed by atoms with Crippen LogP contribution in [0.15, 0.2) is 59.3 Å². The molecule has 0 aromatic rings. The minimum Gasteiger partial charge on any atom is -0.0991 e. The highest BCUT2D eigenvalue weighted by Gasteiger charge is 2.04. The molecule has 0 nitrogen and oxygen atoms in total. The average molecular weight is 214 g/mol. The zero-order chi connectivity index (χ0) is 12.0. The van der Waals surface area contributed by atoms with E-state index in [0.29, 0.717) is 0 Å². The van der Waals surface area contributed by atoms with Crippen molar-refractivity contribution in [1.29, 1.82) is 0 Å². The smallest absolute Gasteiger partial charge is 0.00673 e. The first kappa shape index (κ1) is 12.8. The molecular weight excluding hydrogens is 192 g/mol. The summed E-state index contributed by atoms with van der Waals surface area (Å²) in [6.45, 7) is 10.3. The molecule has 0 aromatic carbocycles. The molecule has 0 bridgehead atoms. The molecule has 0 heterocycles. The lowest BCUT2D eigenvalue weighted by atomic mass is 9.93. The van der Waals surface area contributed by atoms with Crippen LogP contribution in [-0.2, 0) is 0 Å². The van der Waals surface area contributed by atoms with E-state index in [-0.39, 0.29) is 0 Å². The first-order chi connectivity index (χ1) is 7.63. The fraction of sp³-hybridized carbons (Fsp3) is 0.375. The summed E-state index contributed by atoms with van der Waals surface area (Å²) < 4.78 is 0. The van der Waals surface area contributed by atoms with E-state index in [0.717, 1.165) is 6.42 Å². The molecule has 0 unspecified atom stereocenters. The quantitative estimate of drug-likeness (QED) is 0.570. The minimum absolute atomic E-state index is 1.07. The van der Waals surface area contributed by atoms with E-state index < -0.39 is 0 Å². The molecule has 0 spiro atoms. The Hall–Kier alpha value is -1.30. The van der Waals surface area contributed by atoms with Gasteiger partial charge in [0.15, 0.2) is 0 Å². The highest BCUT2D eigenvalue weighted by Crippen LogP contribution is 2.24. The maximum atomic E-state index is 3.71. The maximum absolute atomic E-state index is 3.71. The van der Waals surface area contributed by atoms with Crippen molar-refractivity contribution in [3.8, 4) is 0 Å². The van der Waals surface area contributed by atoms with E-state index in [1.165, 1.54) is 29.6 Å². The molecule has 0 amide bonds. The molecule has 1 aliphatic rings. The molecule has 0 heteroatoms. The third kappa shape index (κ3) is 4.06. The SMILES string of the molecule is C=C/C=C(C)\C=C(\C)CC1=C(C)CCC=C1. The van der Waals surface area contributed by atoms with Gasteiger partial charge in [-0.3, -0.25) is 0 Å². The Bertz CT molecular complexity index is 373. The van der Waals surface area contributed by atoms with Crippen LogP contribution < -0.4 is 0 Å². The molecule has 0 aromatic heterocycles. The normalized spacial score (nSPS) is 17.9. The summed E-state index contributed by atoms with van der Waals surface area (Å²) in [5.41, 5.74) is 5.72. The second-order valence-corrected chi connectivity index (χ2v) is 4.56. The molecule has 0 atom stereocenters. The van der Waals surface area contributed by atoms with Crippen LogP contribution in [-0.4, -0.2) is 0 Å². The molecule has 0 aliphatic heterocycles. The fourth-order valence-corrected chi connectivity index (χ4v) is 2.01. The van der Waals surface area contributed by atoms with Crippen LogP contribution in [0.4, 0.5) is 0 Å². The van der Waals surface area contributed by atoms with E-state index in [1.807, 2.05) is 12.2 Å². The highest BCUT2D eigenvalue weighted by molar-refractivity contribution is 5.34. The Kier molecular flexibility index (Phi) is 5.04. The van der Waals surface area contributed by atoms with Gasteiger partial charge in [-0.2, -0.15) is 0 Å². The van der Waals surface area contributed by atoms with Crippen molar-refractivity contribution >= 4 is 0 Å². The first-order valence-corrected chi connectivity index (χ1v) is 5.95. The van der Waals surface area contributed by atoms with E-state index >= 15 is 0 Å². The van der Waals surface area contributed by atoms with E-state index in [1.54, 1.807) is 5.57 Å². The molecule has 0 saturated carbocycles. The third-order valence-corrected chi connectivity index (χ3v) is 2.88. The molecule has 0 radical (unpaired) electrons. The Balaban J connectivity index is 2.71. The summed E-state index contributed by atoms with van der Waals surface area (Å²) in [5, 5.41) is 0. The van der Waals surface area contributed by atoms with Crippen molar-refractivity contribution in [2.45, 2.75) is 40.0 Å². The summed E-state index contributed by atoms with van der Waals surface area (Å²) in [7, 11) is 0. The van der Waals surface area contributed by atoms with Gasteiger partial charge in [-0.15, -0.1) is 0 Å². The van der Waals surface area contributed by atoms with Crippen molar-refractivity contribution in [3.63, 3.8) is 0 Å². The van der Waals surface area contributed by atoms with Crippen LogP contribution >= 0.6 is 0 Å². The summed E-state index contributed by atoms with van der Waals surface area (Å²) in [4.78, 5) is 0. The van der Waals surface area contributed by atoms with E-state index in [9.17, 15) is 0 Å². The summed E-state index contributed by atoms with van der Waals surface area (Å²) >= 11 is 0. The molecule has 1 aliphatic carbocycles. The maximum Gasteiger partial charge on any atom is -0.00673 e. The lowest BCUT2D eigenvalue weighted by Gasteiger charge is -2.12. The van der Waals surface area contributed by atoms with Gasteiger partial charge in [0.1, 0.15) is 0 Å².